The summed E-state index contributed by atoms with van der Waals surface area (Å²) in [6.07, 6.45) is 0.729. The first-order valence-corrected chi connectivity index (χ1v) is 6.86. The topological polar surface area (TPSA) is 76.2 Å². The predicted molar refractivity (Wildman–Crippen MR) is 77.1 cm³/mol. The fourth-order valence-corrected chi connectivity index (χ4v) is 2.08. The molecule has 1 heterocycles. The van der Waals surface area contributed by atoms with Crippen LogP contribution in [0.15, 0.2) is 0 Å². The summed E-state index contributed by atoms with van der Waals surface area (Å²) < 4.78 is 1.56. The molecule has 6 heteroatoms. The Hall–Kier alpha value is -1.56. The highest BCUT2D eigenvalue weighted by Gasteiger charge is 2.18. The van der Waals surface area contributed by atoms with Gasteiger partial charge in [0.1, 0.15) is 5.69 Å². The van der Waals surface area contributed by atoms with Crippen LogP contribution in [0.2, 0.25) is 0 Å². The fraction of sp³-hybridized carbons (Fsp3) is 0.692. The molecule has 0 aromatic carbocycles. The lowest BCUT2D eigenvalue weighted by Gasteiger charge is -2.18. The van der Waals surface area contributed by atoms with Crippen molar-refractivity contribution in [1.29, 1.82) is 0 Å². The largest absolute Gasteiger partial charge is 0.395 e. The van der Waals surface area contributed by atoms with Crippen molar-refractivity contribution >= 4 is 11.6 Å². The molecule has 19 heavy (non-hydrogen) atoms. The van der Waals surface area contributed by atoms with Crippen molar-refractivity contribution < 1.29 is 4.79 Å². The van der Waals surface area contributed by atoms with Gasteiger partial charge in [-0.3, -0.25) is 9.48 Å². The summed E-state index contributed by atoms with van der Waals surface area (Å²) in [5.74, 6) is -0.153. The highest BCUT2D eigenvalue weighted by molar-refractivity contribution is 5.97. The monoisotopic (exact) mass is 267 g/mol. The number of hydrogen-bond donors (Lipinski definition) is 2. The van der Waals surface area contributed by atoms with Gasteiger partial charge in [-0.2, -0.15) is 5.10 Å². The van der Waals surface area contributed by atoms with Crippen molar-refractivity contribution in [3.63, 3.8) is 0 Å². The summed E-state index contributed by atoms with van der Waals surface area (Å²) in [5, 5.41) is 7.14. The normalized spacial score (nSPS) is 11.0. The smallest absolute Gasteiger partial charge is 0.271 e. The number of rotatable bonds is 7. The Bertz CT molecular complexity index is 423. The van der Waals surface area contributed by atoms with E-state index in [-0.39, 0.29) is 5.91 Å². The molecule has 0 aliphatic carbocycles. The summed E-state index contributed by atoms with van der Waals surface area (Å²) in [5.41, 5.74) is 7.67. The minimum atomic E-state index is -0.153. The number of anilines is 1. The average molecular weight is 267 g/mol. The van der Waals surface area contributed by atoms with E-state index in [1.165, 1.54) is 0 Å². The Morgan fingerprint density at radius 1 is 1.37 bits per heavy atom. The molecule has 108 valence electrons. The lowest BCUT2D eigenvalue weighted by Crippen LogP contribution is -2.35. The third-order valence-corrected chi connectivity index (χ3v) is 3.32. The number of nitrogens with one attached hydrogen (secondary N) is 1. The third-order valence-electron chi connectivity index (χ3n) is 3.32. The molecular formula is C13H25N5O. The van der Waals surface area contributed by atoms with E-state index in [0.717, 1.165) is 31.7 Å². The van der Waals surface area contributed by atoms with E-state index in [1.807, 2.05) is 6.92 Å². The van der Waals surface area contributed by atoms with Gasteiger partial charge in [0.25, 0.3) is 5.91 Å². The number of nitrogens with zero attached hydrogens (tertiary/aromatic N) is 3. The molecule has 0 saturated carbocycles. The predicted octanol–water partition coefficient (Wildman–Crippen LogP) is 0.636. The van der Waals surface area contributed by atoms with Crippen LogP contribution in [0.4, 0.5) is 5.69 Å². The number of hydrogen-bond acceptors (Lipinski definition) is 4. The number of nitrogen functional groups attached to an aromatic ring is 1. The minimum absolute atomic E-state index is 0.153. The third kappa shape index (κ3) is 3.70. The molecule has 0 fully saturated rings. The van der Waals surface area contributed by atoms with Gasteiger partial charge in [-0.05, 0) is 19.5 Å². The van der Waals surface area contributed by atoms with E-state index in [0.29, 0.717) is 17.9 Å². The number of carbonyl (C=O) groups excluding carboxylic acids is 1. The van der Waals surface area contributed by atoms with Crippen LogP contribution in [0.25, 0.3) is 0 Å². The summed E-state index contributed by atoms with van der Waals surface area (Å²) in [7, 11) is 1.74. The highest BCUT2D eigenvalue weighted by Crippen LogP contribution is 2.16. The Labute approximate surface area is 114 Å². The van der Waals surface area contributed by atoms with Crippen molar-refractivity contribution in [1.82, 2.24) is 20.0 Å². The number of aryl methyl sites for hydroxylation is 2. The number of aromatic nitrogens is 2. The average Bonchev–Trinajstić information content (AvgIpc) is 2.69. The molecular weight excluding hydrogens is 242 g/mol. The van der Waals surface area contributed by atoms with Gasteiger partial charge in [-0.15, -0.1) is 0 Å². The molecule has 0 bridgehead atoms. The van der Waals surface area contributed by atoms with Gasteiger partial charge in [0.2, 0.25) is 0 Å². The van der Waals surface area contributed by atoms with Crippen LogP contribution in [-0.2, 0) is 13.5 Å². The molecule has 0 radical (unpaired) electrons. The quantitative estimate of drug-likeness (QED) is 0.760. The van der Waals surface area contributed by atoms with Crippen LogP contribution in [0, 0.1) is 0 Å². The second-order valence-corrected chi connectivity index (χ2v) is 4.47. The van der Waals surface area contributed by atoms with Gasteiger partial charge < -0.3 is 16.0 Å². The van der Waals surface area contributed by atoms with Crippen molar-refractivity contribution in [3.8, 4) is 0 Å². The zero-order valence-electron chi connectivity index (χ0n) is 12.4. The lowest BCUT2D eigenvalue weighted by molar-refractivity contribution is 0.0940. The van der Waals surface area contributed by atoms with E-state index in [2.05, 4.69) is 29.2 Å². The van der Waals surface area contributed by atoms with E-state index < -0.39 is 0 Å². The van der Waals surface area contributed by atoms with Gasteiger partial charge in [0.15, 0.2) is 0 Å². The first-order chi connectivity index (χ1) is 9.04. The standard InChI is InChI=1S/C13H25N5O/c1-5-10-11(14)12(17(4)16-10)13(19)15-8-9-18(6-2)7-3/h5-9,14H2,1-4H3,(H,15,19). The molecule has 0 spiro atoms. The second kappa shape index (κ2) is 7.13. The van der Waals surface area contributed by atoms with Crippen molar-refractivity contribution in [3.05, 3.63) is 11.4 Å². The van der Waals surface area contributed by atoms with Crippen LogP contribution in [0.1, 0.15) is 37.0 Å². The van der Waals surface area contributed by atoms with Crippen LogP contribution in [0.3, 0.4) is 0 Å². The zero-order chi connectivity index (χ0) is 14.4. The number of likely N-dealkylation sites (N-methyl/N-ethyl adjacent to an activating group) is 1. The van der Waals surface area contributed by atoms with Crippen LogP contribution in [-0.4, -0.2) is 46.8 Å². The summed E-state index contributed by atoms with van der Waals surface area (Å²) >= 11 is 0. The summed E-state index contributed by atoms with van der Waals surface area (Å²) in [4.78, 5) is 14.4. The van der Waals surface area contributed by atoms with Gasteiger partial charge in [0.05, 0.1) is 11.4 Å². The lowest BCUT2D eigenvalue weighted by atomic mass is 10.2. The Morgan fingerprint density at radius 3 is 2.47 bits per heavy atom. The summed E-state index contributed by atoms with van der Waals surface area (Å²) in [6.45, 7) is 9.63. The molecule has 3 N–H and O–H groups in total. The second-order valence-electron chi connectivity index (χ2n) is 4.47. The van der Waals surface area contributed by atoms with Crippen LogP contribution < -0.4 is 11.1 Å². The Morgan fingerprint density at radius 2 is 2.00 bits per heavy atom. The molecule has 1 aromatic heterocycles. The molecule has 0 atom stereocenters. The number of amides is 1. The van der Waals surface area contributed by atoms with Gasteiger partial charge in [-0.25, -0.2) is 0 Å². The molecule has 0 saturated heterocycles. The molecule has 0 unspecified atom stereocenters. The number of carbonyl (C=O) groups is 1. The van der Waals surface area contributed by atoms with Gasteiger partial charge in [0, 0.05) is 20.1 Å². The van der Waals surface area contributed by atoms with Crippen molar-refractivity contribution in [2.75, 3.05) is 31.9 Å². The van der Waals surface area contributed by atoms with E-state index >= 15 is 0 Å². The minimum Gasteiger partial charge on any atom is -0.395 e. The van der Waals surface area contributed by atoms with Crippen LogP contribution >= 0.6 is 0 Å². The van der Waals surface area contributed by atoms with E-state index in [9.17, 15) is 4.79 Å². The highest BCUT2D eigenvalue weighted by atomic mass is 16.2. The van der Waals surface area contributed by atoms with Gasteiger partial charge in [-0.1, -0.05) is 20.8 Å². The summed E-state index contributed by atoms with van der Waals surface area (Å²) in [6, 6.07) is 0. The molecule has 6 nitrogen and oxygen atoms in total. The molecule has 1 amide bonds. The first-order valence-electron chi connectivity index (χ1n) is 6.86. The van der Waals surface area contributed by atoms with Crippen molar-refractivity contribution in [2.24, 2.45) is 7.05 Å². The Balaban J connectivity index is 2.61. The van der Waals surface area contributed by atoms with E-state index in [1.54, 1.807) is 11.7 Å². The molecule has 1 aromatic rings. The maximum atomic E-state index is 12.1. The fourth-order valence-electron chi connectivity index (χ4n) is 2.08. The Kier molecular flexibility index (Phi) is 5.82. The molecule has 0 aliphatic rings. The van der Waals surface area contributed by atoms with Crippen LogP contribution in [0.5, 0.6) is 0 Å². The van der Waals surface area contributed by atoms with Crippen molar-refractivity contribution in [2.45, 2.75) is 27.2 Å². The maximum absolute atomic E-state index is 12.1. The maximum Gasteiger partial charge on any atom is 0.271 e. The SMILES string of the molecule is CCc1nn(C)c(C(=O)NCCN(CC)CC)c1N. The number of nitrogens with two attached hydrogens (primary N) is 1. The zero-order valence-corrected chi connectivity index (χ0v) is 12.4. The molecule has 0 aliphatic heterocycles. The van der Waals surface area contributed by atoms with Gasteiger partial charge >= 0.3 is 0 Å². The first kappa shape index (κ1) is 15.5. The van der Waals surface area contributed by atoms with E-state index in [4.69, 9.17) is 5.73 Å². The molecule has 1 rings (SSSR count).